The van der Waals surface area contributed by atoms with Gasteiger partial charge in [0, 0.05) is 4.88 Å². The first-order chi connectivity index (χ1) is 13.0. The van der Waals surface area contributed by atoms with Gasteiger partial charge in [-0.15, -0.1) is 22.7 Å². The second-order valence-corrected chi connectivity index (χ2v) is 8.52. The number of thiophene rings is 2. The maximum absolute atomic E-state index is 12.6. The average molecular weight is 408 g/mol. The maximum atomic E-state index is 12.6. The molecule has 2 aromatic rings. The fourth-order valence-electron chi connectivity index (χ4n) is 2.90. The van der Waals surface area contributed by atoms with Crippen molar-refractivity contribution in [2.45, 2.75) is 45.6 Å². The van der Waals surface area contributed by atoms with Gasteiger partial charge in [0.2, 0.25) is 0 Å². The number of ether oxygens (including phenoxy) is 2. The van der Waals surface area contributed by atoms with E-state index >= 15 is 0 Å². The van der Waals surface area contributed by atoms with Gasteiger partial charge in [-0.05, 0) is 56.5 Å². The maximum Gasteiger partial charge on any atom is 0.348 e. The molecule has 0 saturated carbocycles. The summed E-state index contributed by atoms with van der Waals surface area (Å²) in [6.07, 6.45) is 3.53. The summed E-state index contributed by atoms with van der Waals surface area (Å²) in [5, 5.41) is 4.97. The number of carbonyl (C=O) groups excluding carboxylic acids is 3. The van der Waals surface area contributed by atoms with Crippen LogP contribution in [0.25, 0.3) is 0 Å². The highest BCUT2D eigenvalue weighted by atomic mass is 32.1. The van der Waals surface area contributed by atoms with E-state index in [1.807, 2.05) is 0 Å². The van der Waals surface area contributed by atoms with Crippen LogP contribution in [0.1, 0.15) is 57.2 Å². The van der Waals surface area contributed by atoms with Crippen molar-refractivity contribution in [1.82, 2.24) is 0 Å². The molecule has 2 heterocycles. The molecule has 0 unspecified atom stereocenters. The molecular weight excluding hydrogens is 386 g/mol. The predicted molar refractivity (Wildman–Crippen MR) is 105 cm³/mol. The summed E-state index contributed by atoms with van der Waals surface area (Å²) in [6, 6.07) is 3.38. The van der Waals surface area contributed by atoms with Crippen LogP contribution in [0.3, 0.4) is 0 Å². The molecule has 2 aromatic heterocycles. The van der Waals surface area contributed by atoms with Crippen LogP contribution in [-0.4, -0.2) is 30.6 Å². The lowest BCUT2D eigenvalue weighted by atomic mass is 9.95. The summed E-state index contributed by atoms with van der Waals surface area (Å²) < 4.78 is 10.4. The van der Waals surface area contributed by atoms with Gasteiger partial charge in [-0.25, -0.2) is 9.59 Å². The van der Waals surface area contributed by atoms with Crippen LogP contribution in [0, 0.1) is 0 Å². The number of hydrogen-bond acceptors (Lipinski definition) is 7. The van der Waals surface area contributed by atoms with Crippen LogP contribution in [0.2, 0.25) is 0 Å². The molecule has 1 amide bonds. The number of hydrogen-bond donors (Lipinski definition) is 1. The second kappa shape index (κ2) is 8.67. The van der Waals surface area contributed by atoms with Crippen molar-refractivity contribution in [2.75, 3.05) is 11.9 Å². The fraction of sp³-hybridized carbons (Fsp3) is 0.421. The highest BCUT2D eigenvalue weighted by Crippen LogP contribution is 2.38. The number of carbonyl (C=O) groups is 3. The number of rotatable bonds is 6. The third-order valence-electron chi connectivity index (χ3n) is 4.03. The third kappa shape index (κ3) is 4.75. The number of aryl methyl sites for hydroxylation is 1. The quantitative estimate of drug-likeness (QED) is 0.731. The van der Waals surface area contributed by atoms with E-state index in [0.717, 1.165) is 36.1 Å². The molecule has 0 aliphatic heterocycles. The Morgan fingerprint density at radius 2 is 1.96 bits per heavy atom. The minimum absolute atomic E-state index is 0.244. The molecule has 8 heteroatoms. The number of nitrogens with one attached hydrogen (secondary N) is 1. The Kier molecular flexibility index (Phi) is 6.28. The molecule has 0 saturated heterocycles. The summed E-state index contributed by atoms with van der Waals surface area (Å²) >= 11 is 2.66. The number of fused-ring (bicyclic) bond motifs is 1. The predicted octanol–water partition coefficient (Wildman–Crippen LogP) is 4.05. The summed E-state index contributed by atoms with van der Waals surface area (Å²) in [7, 11) is 0. The van der Waals surface area contributed by atoms with E-state index in [4.69, 9.17) is 9.47 Å². The summed E-state index contributed by atoms with van der Waals surface area (Å²) in [4.78, 5) is 38.2. The minimum atomic E-state index is -0.537. The first-order valence-corrected chi connectivity index (χ1v) is 10.5. The number of amides is 1. The van der Waals surface area contributed by atoms with Crippen molar-refractivity contribution in [3.05, 3.63) is 38.4 Å². The zero-order chi connectivity index (χ0) is 19.4. The van der Waals surface area contributed by atoms with Crippen LogP contribution in [0.15, 0.2) is 17.5 Å². The molecule has 0 fully saturated rings. The Labute approximate surface area is 165 Å². The second-order valence-electron chi connectivity index (χ2n) is 6.47. The Morgan fingerprint density at radius 3 is 2.67 bits per heavy atom. The zero-order valence-electron chi connectivity index (χ0n) is 15.2. The first kappa shape index (κ1) is 19.6. The molecule has 6 nitrogen and oxygen atoms in total. The molecule has 1 N–H and O–H groups in total. The van der Waals surface area contributed by atoms with Gasteiger partial charge in [-0.1, -0.05) is 6.07 Å². The lowest BCUT2D eigenvalue weighted by Gasteiger charge is -2.14. The molecule has 0 radical (unpaired) electrons. The topological polar surface area (TPSA) is 81.7 Å². The molecular formula is C19H21NO5S2. The van der Waals surface area contributed by atoms with Crippen molar-refractivity contribution in [3.8, 4) is 0 Å². The van der Waals surface area contributed by atoms with E-state index in [2.05, 4.69) is 5.32 Å². The Bertz CT molecular complexity index is 839. The van der Waals surface area contributed by atoms with Gasteiger partial charge in [0.1, 0.15) is 9.88 Å². The van der Waals surface area contributed by atoms with Gasteiger partial charge < -0.3 is 14.8 Å². The lowest BCUT2D eigenvalue weighted by Crippen LogP contribution is -2.22. The first-order valence-electron chi connectivity index (χ1n) is 8.81. The van der Waals surface area contributed by atoms with E-state index in [9.17, 15) is 14.4 Å². The van der Waals surface area contributed by atoms with Crippen LogP contribution >= 0.6 is 22.7 Å². The van der Waals surface area contributed by atoms with Gasteiger partial charge in [0.15, 0.2) is 6.61 Å². The molecule has 27 heavy (non-hydrogen) atoms. The summed E-state index contributed by atoms with van der Waals surface area (Å²) in [5.74, 6) is -1.43. The number of anilines is 1. The molecule has 144 valence electrons. The monoisotopic (exact) mass is 407 g/mol. The van der Waals surface area contributed by atoms with Crippen molar-refractivity contribution in [2.24, 2.45) is 0 Å². The highest BCUT2D eigenvalue weighted by molar-refractivity contribution is 7.17. The van der Waals surface area contributed by atoms with Crippen LogP contribution in [-0.2, 0) is 27.1 Å². The third-order valence-corrected chi connectivity index (χ3v) is 6.08. The molecule has 0 bridgehead atoms. The van der Waals surface area contributed by atoms with Crippen molar-refractivity contribution in [3.63, 3.8) is 0 Å². The van der Waals surface area contributed by atoms with E-state index in [1.54, 1.807) is 31.4 Å². The Balaban J connectivity index is 1.71. The van der Waals surface area contributed by atoms with Gasteiger partial charge >= 0.3 is 11.9 Å². The Morgan fingerprint density at radius 1 is 1.19 bits per heavy atom. The SMILES string of the molecule is CC(C)OC(=O)c1c(NC(=O)COC(=O)c2cccs2)sc2c1CCCC2. The van der Waals surface area contributed by atoms with Crippen LogP contribution < -0.4 is 5.32 Å². The smallest absolute Gasteiger partial charge is 0.348 e. The van der Waals surface area contributed by atoms with Gasteiger partial charge in [0.05, 0.1) is 11.7 Å². The summed E-state index contributed by atoms with van der Waals surface area (Å²) in [5.41, 5.74) is 1.42. The Hall–Kier alpha value is -2.19. The molecule has 0 atom stereocenters. The molecule has 1 aliphatic carbocycles. The van der Waals surface area contributed by atoms with Gasteiger partial charge in [0.25, 0.3) is 5.91 Å². The fourth-order valence-corrected chi connectivity index (χ4v) is 4.81. The number of esters is 2. The molecule has 0 aromatic carbocycles. The van der Waals surface area contributed by atoms with E-state index in [1.165, 1.54) is 22.7 Å². The molecule has 0 spiro atoms. The normalized spacial score (nSPS) is 13.1. The van der Waals surface area contributed by atoms with E-state index in [-0.39, 0.29) is 6.10 Å². The van der Waals surface area contributed by atoms with Crippen LogP contribution in [0.4, 0.5) is 5.00 Å². The van der Waals surface area contributed by atoms with Gasteiger partial charge in [-0.2, -0.15) is 0 Å². The highest BCUT2D eigenvalue weighted by Gasteiger charge is 2.28. The molecule has 1 aliphatic rings. The lowest BCUT2D eigenvalue weighted by molar-refractivity contribution is -0.119. The van der Waals surface area contributed by atoms with Gasteiger partial charge in [-0.3, -0.25) is 4.79 Å². The average Bonchev–Trinajstić information content (AvgIpc) is 3.26. The van der Waals surface area contributed by atoms with Crippen molar-refractivity contribution < 1.29 is 23.9 Å². The zero-order valence-corrected chi connectivity index (χ0v) is 16.8. The summed E-state index contributed by atoms with van der Waals surface area (Å²) in [6.45, 7) is 3.18. The van der Waals surface area contributed by atoms with Crippen molar-refractivity contribution in [1.29, 1.82) is 0 Å². The largest absolute Gasteiger partial charge is 0.459 e. The standard InChI is InChI=1S/C19H21NO5S2/c1-11(2)25-19(23)16-12-6-3-4-7-13(12)27-17(16)20-15(21)10-24-18(22)14-8-5-9-26-14/h5,8-9,11H,3-4,6-7,10H2,1-2H3,(H,20,21). The van der Waals surface area contributed by atoms with E-state index < -0.39 is 24.5 Å². The minimum Gasteiger partial charge on any atom is -0.459 e. The molecule has 3 rings (SSSR count). The van der Waals surface area contributed by atoms with E-state index in [0.29, 0.717) is 15.4 Å². The van der Waals surface area contributed by atoms with Crippen LogP contribution in [0.5, 0.6) is 0 Å². The van der Waals surface area contributed by atoms with Crippen molar-refractivity contribution >= 4 is 45.5 Å².